The molecule has 2 aromatic carbocycles. The maximum Gasteiger partial charge on any atom is 0.315 e. The number of amides is 2. The normalized spacial score (nSPS) is 11.8. The molecule has 0 aliphatic carbocycles. The molecule has 0 aliphatic rings. The average Bonchev–Trinajstić information content (AvgIpc) is 3.15. The van der Waals surface area contributed by atoms with Gasteiger partial charge in [0.25, 0.3) is 0 Å². The fourth-order valence-corrected chi connectivity index (χ4v) is 2.72. The van der Waals surface area contributed by atoms with Gasteiger partial charge in [-0.15, -0.1) is 0 Å². The van der Waals surface area contributed by atoms with Gasteiger partial charge in [-0.05, 0) is 48.4 Å². The van der Waals surface area contributed by atoms with E-state index in [0.29, 0.717) is 11.6 Å². The van der Waals surface area contributed by atoms with Crippen molar-refractivity contribution in [3.05, 3.63) is 83.1 Å². The first-order chi connectivity index (χ1) is 12.1. The molecular formula is C19H19ClN4O. The maximum absolute atomic E-state index is 12.1. The van der Waals surface area contributed by atoms with Gasteiger partial charge in [-0.3, -0.25) is 0 Å². The fraction of sp³-hybridized carbons (Fsp3) is 0.158. The Kier molecular flexibility index (Phi) is 5.36. The van der Waals surface area contributed by atoms with Crippen LogP contribution in [0.4, 0.5) is 4.79 Å². The Labute approximate surface area is 151 Å². The monoisotopic (exact) mass is 354 g/mol. The lowest BCUT2D eigenvalue weighted by atomic mass is 10.1. The van der Waals surface area contributed by atoms with E-state index in [0.717, 1.165) is 16.8 Å². The van der Waals surface area contributed by atoms with Gasteiger partial charge in [-0.2, -0.15) is 5.10 Å². The number of nitrogens with zero attached hydrogens (tertiary/aromatic N) is 2. The van der Waals surface area contributed by atoms with Gasteiger partial charge in [0.15, 0.2) is 0 Å². The van der Waals surface area contributed by atoms with Crippen molar-refractivity contribution in [3.63, 3.8) is 0 Å². The molecule has 0 radical (unpaired) electrons. The molecule has 0 fully saturated rings. The van der Waals surface area contributed by atoms with Crippen LogP contribution in [-0.4, -0.2) is 15.8 Å². The van der Waals surface area contributed by atoms with Crippen LogP contribution in [0.15, 0.2) is 67.0 Å². The predicted octanol–water partition coefficient (Wildman–Crippen LogP) is 4.09. The third kappa shape index (κ3) is 4.61. The minimum atomic E-state index is -0.225. The number of aromatic nitrogens is 2. The van der Waals surface area contributed by atoms with Gasteiger partial charge >= 0.3 is 6.03 Å². The Morgan fingerprint density at radius 3 is 2.80 bits per heavy atom. The molecule has 0 spiro atoms. The summed E-state index contributed by atoms with van der Waals surface area (Å²) in [5.74, 6) is 0. The SMILES string of the molecule is CC(NC(=O)NCc1cccc(-n2cccn2)c1)c1cccc(Cl)c1. The zero-order valence-corrected chi connectivity index (χ0v) is 14.6. The maximum atomic E-state index is 12.1. The van der Waals surface area contributed by atoms with Crippen molar-refractivity contribution in [1.82, 2.24) is 20.4 Å². The molecule has 3 rings (SSSR count). The van der Waals surface area contributed by atoms with Crippen molar-refractivity contribution in [2.45, 2.75) is 19.5 Å². The summed E-state index contributed by atoms with van der Waals surface area (Å²) in [7, 11) is 0. The fourth-order valence-electron chi connectivity index (χ4n) is 2.52. The standard InChI is InChI=1S/C19H19ClN4O/c1-14(16-6-3-7-17(20)12-16)23-19(25)21-13-15-5-2-8-18(11-15)24-10-4-9-22-24/h2-12,14H,13H2,1H3,(H2,21,23,25). The van der Waals surface area contributed by atoms with Crippen molar-refractivity contribution < 1.29 is 4.79 Å². The van der Waals surface area contributed by atoms with Crippen molar-refractivity contribution in [1.29, 1.82) is 0 Å². The lowest BCUT2D eigenvalue weighted by Gasteiger charge is -2.15. The van der Waals surface area contributed by atoms with Gasteiger partial charge in [0.05, 0.1) is 11.7 Å². The zero-order chi connectivity index (χ0) is 17.6. The molecule has 0 saturated carbocycles. The highest BCUT2D eigenvalue weighted by atomic mass is 35.5. The van der Waals surface area contributed by atoms with Crippen molar-refractivity contribution in [2.75, 3.05) is 0 Å². The number of carbonyl (C=O) groups is 1. The summed E-state index contributed by atoms with van der Waals surface area (Å²) in [6.45, 7) is 2.35. The quantitative estimate of drug-likeness (QED) is 0.725. The van der Waals surface area contributed by atoms with E-state index in [1.807, 2.05) is 67.7 Å². The highest BCUT2D eigenvalue weighted by molar-refractivity contribution is 6.30. The first kappa shape index (κ1) is 17.0. The van der Waals surface area contributed by atoms with Gasteiger partial charge in [0, 0.05) is 24.0 Å². The van der Waals surface area contributed by atoms with Crippen LogP contribution in [0, 0.1) is 0 Å². The number of halogens is 1. The van der Waals surface area contributed by atoms with Crippen LogP contribution in [0.1, 0.15) is 24.1 Å². The Morgan fingerprint density at radius 2 is 2.04 bits per heavy atom. The van der Waals surface area contributed by atoms with Crippen molar-refractivity contribution in [3.8, 4) is 5.69 Å². The Bertz CT molecular complexity index is 848. The van der Waals surface area contributed by atoms with Crippen LogP contribution in [0.5, 0.6) is 0 Å². The molecule has 0 bridgehead atoms. The van der Waals surface area contributed by atoms with E-state index in [9.17, 15) is 4.79 Å². The molecule has 3 aromatic rings. The van der Waals surface area contributed by atoms with Gasteiger partial charge in [-0.25, -0.2) is 9.48 Å². The average molecular weight is 355 g/mol. The second-order valence-electron chi connectivity index (χ2n) is 5.72. The molecule has 2 N–H and O–H groups in total. The largest absolute Gasteiger partial charge is 0.334 e. The van der Waals surface area contributed by atoms with Crippen LogP contribution >= 0.6 is 11.6 Å². The number of benzene rings is 2. The van der Waals surface area contributed by atoms with Crippen molar-refractivity contribution in [2.24, 2.45) is 0 Å². The topological polar surface area (TPSA) is 59.0 Å². The van der Waals surface area contributed by atoms with E-state index in [1.54, 1.807) is 10.9 Å². The lowest BCUT2D eigenvalue weighted by molar-refractivity contribution is 0.237. The Hall–Kier alpha value is -2.79. The third-order valence-electron chi connectivity index (χ3n) is 3.83. The molecule has 25 heavy (non-hydrogen) atoms. The summed E-state index contributed by atoms with van der Waals surface area (Å²) in [5.41, 5.74) is 2.92. The predicted molar refractivity (Wildman–Crippen MR) is 98.8 cm³/mol. The molecule has 0 saturated heterocycles. The highest BCUT2D eigenvalue weighted by Crippen LogP contribution is 2.17. The van der Waals surface area contributed by atoms with Crippen LogP contribution in [0.2, 0.25) is 5.02 Å². The number of rotatable bonds is 5. The second kappa shape index (κ2) is 7.85. The van der Waals surface area contributed by atoms with Gasteiger partial charge in [0.1, 0.15) is 0 Å². The smallest absolute Gasteiger partial charge is 0.315 e. The van der Waals surface area contributed by atoms with Crippen LogP contribution in [0.3, 0.4) is 0 Å². The zero-order valence-electron chi connectivity index (χ0n) is 13.8. The van der Waals surface area contributed by atoms with Crippen LogP contribution < -0.4 is 10.6 Å². The molecule has 2 amide bonds. The summed E-state index contributed by atoms with van der Waals surface area (Å²) in [6.07, 6.45) is 3.61. The van der Waals surface area contributed by atoms with Crippen LogP contribution in [0.25, 0.3) is 5.69 Å². The molecule has 1 unspecified atom stereocenters. The molecule has 6 heteroatoms. The van der Waals surface area contributed by atoms with Crippen molar-refractivity contribution >= 4 is 17.6 Å². The second-order valence-corrected chi connectivity index (χ2v) is 6.16. The molecular weight excluding hydrogens is 336 g/mol. The molecule has 128 valence electrons. The Morgan fingerprint density at radius 1 is 1.20 bits per heavy atom. The molecule has 1 atom stereocenters. The molecule has 1 aromatic heterocycles. The van der Waals surface area contributed by atoms with Gasteiger partial charge in [0.2, 0.25) is 0 Å². The molecule has 1 heterocycles. The van der Waals surface area contributed by atoms with Gasteiger partial charge in [-0.1, -0.05) is 35.9 Å². The number of nitrogens with one attached hydrogen (secondary N) is 2. The van der Waals surface area contributed by atoms with E-state index >= 15 is 0 Å². The molecule has 0 aliphatic heterocycles. The lowest BCUT2D eigenvalue weighted by Crippen LogP contribution is -2.36. The van der Waals surface area contributed by atoms with Crippen LogP contribution in [-0.2, 0) is 6.54 Å². The number of hydrogen-bond acceptors (Lipinski definition) is 2. The van der Waals surface area contributed by atoms with E-state index in [-0.39, 0.29) is 12.1 Å². The van der Waals surface area contributed by atoms with E-state index < -0.39 is 0 Å². The summed E-state index contributed by atoms with van der Waals surface area (Å²) in [4.78, 5) is 12.1. The summed E-state index contributed by atoms with van der Waals surface area (Å²) >= 11 is 5.99. The first-order valence-corrected chi connectivity index (χ1v) is 8.38. The summed E-state index contributed by atoms with van der Waals surface area (Å²) in [6, 6.07) is 16.9. The number of urea groups is 1. The first-order valence-electron chi connectivity index (χ1n) is 8.00. The number of hydrogen-bond donors (Lipinski definition) is 2. The third-order valence-corrected chi connectivity index (χ3v) is 4.06. The van der Waals surface area contributed by atoms with Gasteiger partial charge < -0.3 is 10.6 Å². The van der Waals surface area contributed by atoms with E-state index in [4.69, 9.17) is 11.6 Å². The van der Waals surface area contributed by atoms with E-state index in [2.05, 4.69) is 15.7 Å². The summed E-state index contributed by atoms with van der Waals surface area (Å²) in [5, 5.41) is 10.6. The summed E-state index contributed by atoms with van der Waals surface area (Å²) < 4.78 is 1.78. The van der Waals surface area contributed by atoms with E-state index in [1.165, 1.54) is 0 Å². The minimum Gasteiger partial charge on any atom is -0.334 e. The Balaban J connectivity index is 1.56. The molecule has 5 nitrogen and oxygen atoms in total. The number of carbonyl (C=O) groups excluding carboxylic acids is 1. The highest BCUT2D eigenvalue weighted by Gasteiger charge is 2.09. The minimum absolute atomic E-state index is 0.130.